The van der Waals surface area contributed by atoms with Crippen molar-refractivity contribution in [1.82, 2.24) is 5.32 Å². The van der Waals surface area contributed by atoms with Crippen LogP contribution in [0.2, 0.25) is 0 Å². The molecule has 1 N–H and O–H groups in total. The highest BCUT2D eigenvalue weighted by Gasteiger charge is 2.44. The van der Waals surface area contributed by atoms with Crippen LogP contribution in [0, 0.1) is 11.3 Å². The average Bonchev–Trinajstić information content (AvgIpc) is 3.19. The van der Waals surface area contributed by atoms with Gasteiger partial charge in [-0.05, 0) is 42.6 Å². The normalized spacial score (nSPS) is 28.5. The molecule has 2 rings (SSSR count). The van der Waals surface area contributed by atoms with Gasteiger partial charge in [-0.3, -0.25) is 0 Å². The first kappa shape index (κ1) is 17.0. The maximum atomic E-state index is 3.84. The van der Waals surface area contributed by atoms with Crippen LogP contribution in [0.4, 0.5) is 0 Å². The number of hydrogen-bond acceptors (Lipinski definition) is 1. The summed E-state index contributed by atoms with van der Waals surface area (Å²) in [7, 11) is 0. The summed E-state index contributed by atoms with van der Waals surface area (Å²) in [6.45, 7) is 14.5. The van der Waals surface area contributed by atoms with E-state index in [0.717, 1.165) is 18.4 Å². The summed E-state index contributed by atoms with van der Waals surface area (Å²) in [5.41, 5.74) is 3.32. The van der Waals surface area contributed by atoms with E-state index in [2.05, 4.69) is 57.5 Å². The molecule has 2 unspecified atom stereocenters. The van der Waals surface area contributed by atoms with Gasteiger partial charge in [0.1, 0.15) is 0 Å². The highest BCUT2D eigenvalue weighted by Crippen LogP contribution is 2.44. The van der Waals surface area contributed by atoms with Gasteiger partial charge >= 0.3 is 0 Å². The third kappa shape index (κ3) is 4.58. The van der Waals surface area contributed by atoms with Gasteiger partial charge in [0.2, 0.25) is 0 Å². The lowest BCUT2D eigenvalue weighted by atomic mass is 9.68. The molecular formula is C21H31N. The van der Waals surface area contributed by atoms with Crippen LogP contribution in [0.25, 0.3) is 0 Å². The molecule has 1 nitrogen and oxygen atoms in total. The fraction of sp³-hybridized carbons (Fsp3) is 0.524. The van der Waals surface area contributed by atoms with Gasteiger partial charge in [-0.15, -0.1) is 0 Å². The van der Waals surface area contributed by atoms with Gasteiger partial charge in [-0.25, -0.2) is 0 Å². The van der Waals surface area contributed by atoms with Gasteiger partial charge in [0, 0.05) is 12.1 Å². The largest absolute Gasteiger partial charge is 0.311 e. The second-order valence-corrected chi connectivity index (χ2v) is 7.45. The van der Waals surface area contributed by atoms with E-state index in [4.69, 9.17) is 0 Å². The van der Waals surface area contributed by atoms with Crippen molar-refractivity contribution in [1.29, 1.82) is 0 Å². The molecule has 22 heavy (non-hydrogen) atoms. The Morgan fingerprint density at radius 2 is 1.95 bits per heavy atom. The van der Waals surface area contributed by atoms with Crippen LogP contribution in [0.1, 0.15) is 46.5 Å². The van der Waals surface area contributed by atoms with Gasteiger partial charge in [-0.2, -0.15) is 0 Å². The zero-order chi connectivity index (χ0) is 16.2. The summed E-state index contributed by atoms with van der Waals surface area (Å²) < 4.78 is 0. The summed E-state index contributed by atoms with van der Waals surface area (Å²) in [5.74, 6) is 0.721. The molecule has 2 atom stereocenters. The van der Waals surface area contributed by atoms with Crippen LogP contribution in [-0.2, 0) is 0 Å². The predicted octanol–water partition coefficient (Wildman–Crippen LogP) is 5.34. The maximum Gasteiger partial charge on any atom is 0.0142 e. The molecule has 2 fully saturated rings. The van der Waals surface area contributed by atoms with Crippen molar-refractivity contribution < 1.29 is 0 Å². The smallest absolute Gasteiger partial charge is 0.0142 e. The van der Waals surface area contributed by atoms with Crippen LogP contribution in [0.3, 0.4) is 0 Å². The fourth-order valence-corrected chi connectivity index (χ4v) is 3.64. The lowest BCUT2D eigenvalue weighted by Gasteiger charge is -2.43. The third-order valence-corrected chi connectivity index (χ3v) is 4.81. The topological polar surface area (TPSA) is 12.0 Å². The number of rotatable bonds is 8. The van der Waals surface area contributed by atoms with E-state index >= 15 is 0 Å². The molecule has 2 aliphatic rings. The van der Waals surface area contributed by atoms with Crippen molar-refractivity contribution in [3.05, 3.63) is 60.8 Å². The second-order valence-electron chi connectivity index (χ2n) is 7.45. The van der Waals surface area contributed by atoms with E-state index in [1.165, 1.54) is 24.8 Å². The summed E-state index contributed by atoms with van der Waals surface area (Å²) >= 11 is 0. The van der Waals surface area contributed by atoms with Gasteiger partial charge in [-0.1, -0.05) is 76.0 Å². The highest BCUT2D eigenvalue weighted by molar-refractivity contribution is 5.39. The molecule has 2 saturated carbocycles. The Balaban J connectivity index is 1.93. The molecule has 0 aromatic rings. The Morgan fingerprint density at radius 1 is 1.23 bits per heavy atom. The molecule has 0 spiro atoms. The second kappa shape index (κ2) is 7.28. The summed E-state index contributed by atoms with van der Waals surface area (Å²) in [4.78, 5) is 0. The van der Waals surface area contributed by atoms with Gasteiger partial charge in [0.15, 0.2) is 0 Å². The van der Waals surface area contributed by atoms with Crippen molar-refractivity contribution in [2.45, 2.75) is 58.5 Å². The molecule has 0 aliphatic heterocycles. The van der Waals surface area contributed by atoms with E-state index in [1.807, 2.05) is 18.2 Å². The van der Waals surface area contributed by atoms with Crippen molar-refractivity contribution in [3.8, 4) is 0 Å². The Bertz CT molecular complexity index is 496. The molecule has 0 saturated heterocycles. The molecule has 0 amide bonds. The van der Waals surface area contributed by atoms with Crippen molar-refractivity contribution in [2.24, 2.45) is 11.3 Å². The number of hydrogen-bond donors (Lipinski definition) is 1. The average molecular weight is 297 g/mol. The molecule has 0 heterocycles. The lowest BCUT2D eigenvalue weighted by Crippen LogP contribution is -2.47. The first-order valence-corrected chi connectivity index (χ1v) is 8.57. The minimum absolute atomic E-state index is 0.556. The van der Waals surface area contributed by atoms with Crippen LogP contribution < -0.4 is 5.32 Å². The summed E-state index contributed by atoms with van der Waals surface area (Å²) in [6, 6.07) is 1.44. The van der Waals surface area contributed by atoms with Crippen molar-refractivity contribution in [3.63, 3.8) is 0 Å². The highest BCUT2D eigenvalue weighted by atomic mass is 15.0. The first-order valence-electron chi connectivity index (χ1n) is 8.57. The molecule has 0 aromatic heterocycles. The summed E-state index contributed by atoms with van der Waals surface area (Å²) in [6.07, 6.45) is 17.2. The molecule has 0 radical (unpaired) electrons. The third-order valence-electron chi connectivity index (χ3n) is 4.81. The zero-order valence-electron chi connectivity index (χ0n) is 14.4. The number of nitrogens with one attached hydrogen (secondary N) is 1. The van der Waals surface area contributed by atoms with Gasteiger partial charge in [0.25, 0.3) is 0 Å². The quantitative estimate of drug-likeness (QED) is 0.596. The molecular weight excluding hydrogens is 266 g/mol. The van der Waals surface area contributed by atoms with Crippen LogP contribution in [-0.4, -0.2) is 12.1 Å². The van der Waals surface area contributed by atoms with E-state index in [-0.39, 0.29) is 0 Å². The molecule has 0 bridgehead atoms. The minimum Gasteiger partial charge on any atom is -0.311 e. The van der Waals surface area contributed by atoms with E-state index in [1.54, 1.807) is 5.57 Å². The Kier molecular flexibility index (Phi) is 5.63. The maximum absolute atomic E-state index is 3.84. The van der Waals surface area contributed by atoms with Crippen molar-refractivity contribution in [2.75, 3.05) is 0 Å². The summed E-state index contributed by atoms with van der Waals surface area (Å²) in [5, 5.41) is 3.84. The van der Waals surface area contributed by atoms with Crippen LogP contribution >= 0.6 is 0 Å². The van der Waals surface area contributed by atoms with Crippen LogP contribution in [0.5, 0.6) is 0 Å². The SMILES string of the molecule is C=C\C=C/C(=C\C=C)/C=C(\CC)C1CC1NC1CC(C)(C)C1. The lowest BCUT2D eigenvalue weighted by molar-refractivity contribution is 0.124. The van der Waals surface area contributed by atoms with E-state index in [0.29, 0.717) is 11.5 Å². The molecule has 1 heteroatoms. The number of allylic oxidation sites excluding steroid dienone is 7. The molecule has 120 valence electrons. The Labute approximate surface area is 136 Å². The Morgan fingerprint density at radius 3 is 2.50 bits per heavy atom. The van der Waals surface area contributed by atoms with Crippen LogP contribution in [0.15, 0.2) is 60.8 Å². The first-order chi connectivity index (χ1) is 10.5. The van der Waals surface area contributed by atoms with Gasteiger partial charge < -0.3 is 5.32 Å². The monoisotopic (exact) mass is 297 g/mol. The molecule has 2 aliphatic carbocycles. The minimum atomic E-state index is 0.556. The predicted molar refractivity (Wildman–Crippen MR) is 97.8 cm³/mol. The molecule has 0 aromatic carbocycles. The van der Waals surface area contributed by atoms with Gasteiger partial charge in [0.05, 0.1) is 0 Å². The fourth-order valence-electron chi connectivity index (χ4n) is 3.64. The van der Waals surface area contributed by atoms with Crippen molar-refractivity contribution >= 4 is 0 Å². The Hall–Kier alpha value is -1.34. The van der Waals surface area contributed by atoms with E-state index < -0.39 is 0 Å². The zero-order valence-corrected chi connectivity index (χ0v) is 14.4. The standard InChI is InChI=1S/C21H31N/c1-6-9-11-16(10-7-2)12-17(8-3)19-13-20(19)22-18-14-21(4,5)15-18/h6-7,9-12,18-20,22H,1-2,8,13-15H2,3-5H3/b11-9-,16-10+,17-12+. The van der Waals surface area contributed by atoms with E-state index in [9.17, 15) is 0 Å².